The minimum Gasteiger partial charge on any atom is -0.455 e. The minimum absolute atomic E-state index is 0.608. The molecule has 0 spiro atoms. The number of hydrogen-bond acceptors (Lipinski definition) is 5. The third-order valence-electron chi connectivity index (χ3n) is 10.9. The van der Waals surface area contributed by atoms with E-state index in [-0.39, 0.29) is 0 Å². The number of para-hydroxylation sites is 2. The Kier molecular flexibility index (Phi) is 8.07. The first kappa shape index (κ1) is 33.4. The Morgan fingerprint density at radius 3 is 1.60 bits per heavy atom. The Balaban J connectivity index is 1.07. The number of rotatable bonds is 7. The molecule has 5 heteroatoms. The van der Waals surface area contributed by atoms with E-state index in [1.807, 2.05) is 72.8 Å². The number of hydrogen-bond donors (Lipinski definition) is 0. The van der Waals surface area contributed by atoms with E-state index in [4.69, 9.17) is 19.4 Å². The molecular formula is C53H34N4O. The van der Waals surface area contributed by atoms with E-state index in [1.54, 1.807) is 0 Å². The van der Waals surface area contributed by atoms with E-state index in [9.17, 15) is 0 Å². The number of fused-ring (bicyclic) bond motifs is 6. The van der Waals surface area contributed by atoms with Crippen LogP contribution in [0.25, 0.3) is 88.8 Å². The van der Waals surface area contributed by atoms with Gasteiger partial charge >= 0.3 is 0 Å². The zero-order valence-electron chi connectivity index (χ0n) is 31.3. The normalized spacial score (nSPS) is 11.4. The van der Waals surface area contributed by atoms with Gasteiger partial charge in [0.15, 0.2) is 17.5 Å². The molecule has 0 bridgehead atoms. The summed E-state index contributed by atoms with van der Waals surface area (Å²) in [5, 5.41) is 6.48. The molecule has 5 nitrogen and oxygen atoms in total. The predicted octanol–water partition coefficient (Wildman–Crippen LogP) is 14.2. The van der Waals surface area contributed by atoms with E-state index in [0.717, 1.165) is 77.6 Å². The molecule has 0 saturated heterocycles. The molecule has 58 heavy (non-hydrogen) atoms. The molecule has 11 aromatic rings. The van der Waals surface area contributed by atoms with E-state index < -0.39 is 0 Å². The first-order valence-corrected chi connectivity index (χ1v) is 19.4. The summed E-state index contributed by atoms with van der Waals surface area (Å²) in [5.41, 5.74) is 9.92. The van der Waals surface area contributed by atoms with Crippen LogP contribution in [0.4, 0.5) is 17.1 Å². The average Bonchev–Trinajstić information content (AvgIpc) is 3.69. The van der Waals surface area contributed by atoms with Crippen LogP contribution in [0.15, 0.2) is 211 Å². The zero-order valence-corrected chi connectivity index (χ0v) is 31.3. The summed E-state index contributed by atoms with van der Waals surface area (Å²) in [6.45, 7) is 0. The van der Waals surface area contributed by atoms with Crippen molar-refractivity contribution in [2.75, 3.05) is 4.90 Å². The Morgan fingerprint density at radius 1 is 0.328 bits per heavy atom. The standard InChI is InChI=1S/C53H34N4O/c1-4-15-37(16-5-1)51-54-52(38-17-6-2-7-18-38)56-53(55-51)48-34-47-45-22-12-13-23-49(45)58-50(47)46-33-40(27-31-44(46)48)36-24-28-42(29-25-36)57(41-20-8-3-9-21-41)43-30-26-35-14-10-11-19-39(35)32-43/h1-34H. The van der Waals surface area contributed by atoms with Gasteiger partial charge in [0.25, 0.3) is 0 Å². The van der Waals surface area contributed by atoms with Crippen molar-refractivity contribution >= 4 is 60.5 Å². The fourth-order valence-corrected chi connectivity index (χ4v) is 8.03. The number of aromatic nitrogens is 3. The second-order valence-electron chi connectivity index (χ2n) is 14.4. The third kappa shape index (κ3) is 5.94. The highest BCUT2D eigenvalue weighted by Crippen LogP contribution is 2.42. The van der Waals surface area contributed by atoms with Gasteiger partial charge in [0.05, 0.1) is 0 Å². The van der Waals surface area contributed by atoms with Gasteiger partial charge in [-0.05, 0) is 81.9 Å². The maximum Gasteiger partial charge on any atom is 0.164 e. The second kappa shape index (κ2) is 14.0. The monoisotopic (exact) mass is 742 g/mol. The van der Waals surface area contributed by atoms with Crippen molar-refractivity contribution in [2.45, 2.75) is 0 Å². The van der Waals surface area contributed by atoms with Crippen LogP contribution in [0.5, 0.6) is 0 Å². The lowest BCUT2D eigenvalue weighted by Gasteiger charge is -2.26. The van der Waals surface area contributed by atoms with Gasteiger partial charge in [0.1, 0.15) is 11.2 Å². The van der Waals surface area contributed by atoms with E-state index in [2.05, 4.69) is 138 Å². The summed E-state index contributed by atoms with van der Waals surface area (Å²) in [6.07, 6.45) is 0. The smallest absolute Gasteiger partial charge is 0.164 e. The van der Waals surface area contributed by atoms with Gasteiger partial charge in [-0.1, -0.05) is 152 Å². The molecule has 272 valence electrons. The quantitative estimate of drug-likeness (QED) is 0.163. The highest BCUT2D eigenvalue weighted by Gasteiger charge is 2.20. The molecule has 0 N–H and O–H groups in total. The Bertz CT molecular complexity index is 3210. The summed E-state index contributed by atoms with van der Waals surface area (Å²) < 4.78 is 6.65. The van der Waals surface area contributed by atoms with E-state index in [1.165, 1.54) is 10.8 Å². The first-order valence-electron chi connectivity index (χ1n) is 19.4. The lowest BCUT2D eigenvalue weighted by Crippen LogP contribution is -2.09. The van der Waals surface area contributed by atoms with Crippen molar-refractivity contribution in [2.24, 2.45) is 0 Å². The van der Waals surface area contributed by atoms with Crippen molar-refractivity contribution in [1.29, 1.82) is 0 Å². The van der Waals surface area contributed by atoms with Crippen molar-refractivity contribution in [3.05, 3.63) is 206 Å². The van der Waals surface area contributed by atoms with Crippen LogP contribution in [0.1, 0.15) is 0 Å². The fraction of sp³-hybridized carbons (Fsp3) is 0. The van der Waals surface area contributed by atoms with Crippen LogP contribution in [-0.2, 0) is 0 Å². The number of benzene rings is 9. The molecule has 0 fully saturated rings. The minimum atomic E-state index is 0.608. The summed E-state index contributed by atoms with van der Waals surface area (Å²) in [4.78, 5) is 17.5. The van der Waals surface area contributed by atoms with Crippen LogP contribution in [-0.4, -0.2) is 15.0 Å². The lowest BCUT2D eigenvalue weighted by atomic mass is 9.95. The summed E-state index contributed by atoms with van der Waals surface area (Å²) in [6, 6.07) is 71.7. The maximum absolute atomic E-state index is 6.65. The topological polar surface area (TPSA) is 55.1 Å². The maximum atomic E-state index is 6.65. The number of furan rings is 1. The lowest BCUT2D eigenvalue weighted by molar-refractivity contribution is 0.672. The second-order valence-corrected chi connectivity index (χ2v) is 14.4. The summed E-state index contributed by atoms with van der Waals surface area (Å²) >= 11 is 0. The van der Waals surface area contributed by atoms with Gasteiger partial charge in [-0.3, -0.25) is 0 Å². The molecule has 0 aliphatic heterocycles. The Morgan fingerprint density at radius 2 is 0.879 bits per heavy atom. The molecule has 0 aliphatic rings. The van der Waals surface area contributed by atoms with Crippen LogP contribution in [0, 0.1) is 0 Å². The molecule has 0 unspecified atom stereocenters. The number of anilines is 3. The van der Waals surface area contributed by atoms with Crippen LogP contribution >= 0.6 is 0 Å². The highest BCUT2D eigenvalue weighted by molar-refractivity contribution is 6.19. The van der Waals surface area contributed by atoms with Gasteiger partial charge in [-0.25, -0.2) is 15.0 Å². The van der Waals surface area contributed by atoms with Crippen molar-refractivity contribution in [1.82, 2.24) is 15.0 Å². The van der Waals surface area contributed by atoms with Crippen LogP contribution in [0.2, 0.25) is 0 Å². The highest BCUT2D eigenvalue weighted by atomic mass is 16.3. The summed E-state index contributed by atoms with van der Waals surface area (Å²) in [5.74, 6) is 1.86. The predicted molar refractivity (Wildman–Crippen MR) is 239 cm³/mol. The third-order valence-corrected chi connectivity index (χ3v) is 10.9. The summed E-state index contributed by atoms with van der Waals surface area (Å²) in [7, 11) is 0. The fourth-order valence-electron chi connectivity index (χ4n) is 8.03. The molecule has 0 amide bonds. The molecule has 0 radical (unpaired) electrons. The zero-order chi connectivity index (χ0) is 38.4. The molecule has 0 aliphatic carbocycles. The number of nitrogens with zero attached hydrogens (tertiary/aromatic N) is 4. The van der Waals surface area contributed by atoms with E-state index >= 15 is 0 Å². The SMILES string of the molecule is c1ccc(-c2nc(-c3ccccc3)nc(-c3cc4c5ccccc5oc4c4cc(-c5ccc(N(c6ccccc6)c6ccc7ccccc7c6)cc5)ccc34)n2)cc1. The van der Waals surface area contributed by atoms with Gasteiger partial charge in [-0.2, -0.15) is 0 Å². The molecule has 2 heterocycles. The molecular weight excluding hydrogens is 709 g/mol. The first-order chi connectivity index (χ1) is 28.7. The average molecular weight is 743 g/mol. The van der Waals surface area contributed by atoms with Crippen LogP contribution < -0.4 is 4.90 Å². The van der Waals surface area contributed by atoms with Crippen LogP contribution in [0.3, 0.4) is 0 Å². The molecule has 11 rings (SSSR count). The molecule has 9 aromatic carbocycles. The van der Waals surface area contributed by atoms with Gasteiger partial charge in [0, 0.05) is 49.9 Å². The van der Waals surface area contributed by atoms with Crippen molar-refractivity contribution in [3.8, 4) is 45.3 Å². The molecule has 0 saturated carbocycles. The molecule has 2 aromatic heterocycles. The Labute approximate surface area is 335 Å². The van der Waals surface area contributed by atoms with E-state index in [0.29, 0.717) is 17.5 Å². The van der Waals surface area contributed by atoms with Gasteiger partial charge in [-0.15, -0.1) is 0 Å². The largest absolute Gasteiger partial charge is 0.455 e. The van der Waals surface area contributed by atoms with Gasteiger partial charge in [0.2, 0.25) is 0 Å². The van der Waals surface area contributed by atoms with Crippen molar-refractivity contribution in [3.63, 3.8) is 0 Å². The van der Waals surface area contributed by atoms with Gasteiger partial charge < -0.3 is 9.32 Å². The Hall–Kier alpha value is -7.89. The van der Waals surface area contributed by atoms with Crippen molar-refractivity contribution < 1.29 is 4.42 Å². The molecule has 0 atom stereocenters.